The normalized spacial score (nSPS) is 12.0. The summed E-state index contributed by atoms with van der Waals surface area (Å²) in [6.45, 7) is 1.33. The fourth-order valence-electron chi connectivity index (χ4n) is 1.39. The maximum Gasteiger partial charge on any atom is 0.0780 e. The van der Waals surface area contributed by atoms with Crippen LogP contribution in [0, 0.1) is 0 Å². The zero-order chi connectivity index (χ0) is 10.2. The molecule has 0 aliphatic heterocycles. The summed E-state index contributed by atoms with van der Waals surface area (Å²) in [6, 6.07) is 0. The first-order chi connectivity index (χ1) is 6.06. The summed E-state index contributed by atoms with van der Waals surface area (Å²) in [5.74, 6) is 0. The highest BCUT2D eigenvalue weighted by atomic mass is 127. The van der Waals surface area contributed by atoms with Crippen LogP contribution in [-0.4, -0.2) is 36.6 Å². The highest BCUT2D eigenvalue weighted by Gasteiger charge is 2.04. The van der Waals surface area contributed by atoms with Crippen molar-refractivity contribution in [2.75, 3.05) is 32.1 Å². The van der Waals surface area contributed by atoms with Crippen molar-refractivity contribution in [1.29, 1.82) is 0 Å². The molecule has 0 spiro atoms. The van der Waals surface area contributed by atoms with E-state index in [2.05, 4.69) is 43.7 Å². The number of rotatable bonds is 8. The van der Waals surface area contributed by atoms with Gasteiger partial charge in [-0.1, -0.05) is 41.9 Å². The van der Waals surface area contributed by atoms with Gasteiger partial charge in [0, 0.05) is 0 Å². The Labute approximate surface area is 97.6 Å². The van der Waals surface area contributed by atoms with E-state index in [1.165, 1.54) is 49.5 Å². The Morgan fingerprint density at radius 1 is 0.769 bits per heavy atom. The smallest absolute Gasteiger partial charge is 0.0780 e. The van der Waals surface area contributed by atoms with Crippen LogP contribution >= 0.6 is 22.6 Å². The minimum atomic E-state index is 1.12. The Balaban J connectivity index is 3.00. The minimum absolute atomic E-state index is 1.12. The van der Waals surface area contributed by atoms with Crippen molar-refractivity contribution in [2.45, 2.75) is 38.5 Å². The lowest BCUT2D eigenvalue weighted by Gasteiger charge is -2.23. The summed E-state index contributed by atoms with van der Waals surface area (Å²) < 4.78 is 2.45. The fourth-order valence-corrected chi connectivity index (χ4v) is 1.93. The van der Waals surface area contributed by atoms with Crippen molar-refractivity contribution in [3.63, 3.8) is 0 Å². The molecule has 0 saturated heterocycles. The zero-order valence-corrected chi connectivity index (χ0v) is 11.6. The van der Waals surface area contributed by atoms with E-state index in [1.54, 1.807) is 0 Å². The SMILES string of the molecule is C[N+](C)(C)CCCCCCCCI. The lowest BCUT2D eigenvalue weighted by atomic mass is 10.1. The number of hydrogen-bond acceptors (Lipinski definition) is 0. The number of nitrogens with zero attached hydrogens (tertiary/aromatic N) is 1. The van der Waals surface area contributed by atoms with E-state index in [0.29, 0.717) is 0 Å². The Kier molecular flexibility index (Phi) is 8.46. The minimum Gasteiger partial charge on any atom is -0.331 e. The van der Waals surface area contributed by atoms with E-state index >= 15 is 0 Å². The maximum absolute atomic E-state index is 2.46. The van der Waals surface area contributed by atoms with Gasteiger partial charge in [-0.25, -0.2) is 0 Å². The Bertz CT molecular complexity index is 107. The molecule has 0 saturated carbocycles. The summed E-state index contributed by atoms with van der Waals surface area (Å²) in [5.41, 5.74) is 0. The Morgan fingerprint density at radius 2 is 1.23 bits per heavy atom. The predicted molar refractivity (Wildman–Crippen MR) is 69.5 cm³/mol. The third-order valence-electron chi connectivity index (χ3n) is 2.21. The highest BCUT2D eigenvalue weighted by Crippen LogP contribution is 2.07. The van der Waals surface area contributed by atoms with Crippen molar-refractivity contribution in [2.24, 2.45) is 0 Å². The second kappa shape index (κ2) is 8.04. The maximum atomic E-state index is 2.46. The lowest BCUT2D eigenvalue weighted by Crippen LogP contribution is -2.35. The van der Waals surface area contributed by atoms with Gasteiger partial charge in [-0.2, -0.15) is 0 Å². The van der Waals surface area contributed by atoms with Crippen LogP contribution < -0.4 is 0 Å². The van der Waals surface area contributed by atoms with Gasteiger partial charge >= 0.3 is 0 Å². The molecule has 0 unspecified atom stereocenters. The first kappa shape index (κ1) is 13.7. The van der Waals surface area contributed by atoms with Crippen molar-refractivity contribution >= 4 is 22.6 Å². The van der Waals surface area contributed by atoms with E-state index in [0.717, 1.165) is 4.48 Å². The molecule has 1 nitrogen and oxygen atoms in total. The molecule has 0 aromatic heterocycles. The molecule has 0 amide bonds. The molecule has 0 aliphatic carbocycles. The van der Waals surface area contributed by atoms with Gasteiger partial charge in [0.05, 0.1) is 27.7 Å². The van der Waals surface area contributed by atoms with Crippen LogP contribution in [0.15, 0.2) is 0 Å². The van der Waals surface area contributed by atoms with Crippen molar-refractivity contribution < 1.29 is 4.48 Å². The molecule has 0 N–H and O–H groups in total. The molecule has 0 radical (unpaired) electrons. The second-order valence-corrected chi connectivity index (χ2v) is 5.90. The molecule has 0 aromatic carbocycles. The van der Waals surface area contributed by atoms with Gasteiger partial charge in [0.25, 0.3) is 0 Å². The molecular weight excluding hydrogens is 273 g/mol. The van der Waals surface area contributed by atoms with Crippen LogP contribution in [0.1, 0.15) is 38.5 Å². The lowest BCUT2D eigenvalue weighted by molar-refractivity contribution is -0.870. The largest absolute Gasteiger partial charge is 0.331 e. The molecule has 0 fully saturated rings. The van der Waals surface area contributed by atoms with Crippen LogP contribution in [0.5, 0.6) is 0 Å². The van der Waals surface area contributed by atoms with E-state index in [1.807, 2.05) is 0 Å². The average molecular weight is 298 g/mol. The van der Waals surface area contributed by atoms with Gasteiger partial charge in [0.2, 0.25) is 0 Å². The summed E-state index contributed by atoms with van der Waals surface area (Å²) >= 11 is 2.46. The monoisotopic (exact) mass is 298 g/mol. The molecule has 0 atom stereocenters. The zero-order valence-electron chi connectivity index (χ0n) is 9.48. The topological polar surface area (TPSA) is 0 Å². The van der Waals surface area contributed by atoms with E-state index in [4.69, 9.17) is 0 Å². The summed E-state index contributed by atoms with van der Waals surface area (Å²) in [7, 11) is 6.82. The van der Waals surface area contributed by atoms with Crippen LogP contribution in [0.3, 0.4) is 0 Å². The van der Waals surface area contributed by atoms with E-state index in [9.17, 15) is 0 Å². The Hall–Kier alpha value is 0.690. The highest BCUT2D eigenvalue weighted by molar-refractivity contribution is 14.1. The van der Waals surface area contributed by atoms with Gasteiger partial charge in [0.1, 0.15) is 0 Å². The van der Waals surface area contributed by atoms with Crippen LogP contribution in [-0.2, 0) is 0 Å². The molecule has 80 valence electrons. The van der Waals surface area contributed by atoms with Gasteiger partial charge in [-0.15, -0.1) is 0 Å². The molecule has 0 bridgehead atoms. The number of quaternary nitrogens is 1. The van der Waals surface area contributed by atoms with E-state index in [-0.39, 0.29) is 0 Å². The van der Waals surface area contributed by atoms with E-state index < -0.39 is 0 Å². The van der Waals surface area contributed by atoms with Crippen molar-refractivity contribution in [3.8, 4) is 0 Å². The molecule has 0 heterocycles. The summed E-state index contributed by atoms with van der Waals surface area (Å²) in [5, 5.41) is 0. The van der Waals surface area contributed by atoms with Gasteiger partial charge in [-0.3, -0.25) is 0 Å². The fraction of sp³-hybridized carbons (Fsp3) is 1.00. The standard InChI is InChI=1S/C11H25IN/c1-13(2,3)11-9-7-5-4-6-8-10-12/h4-11H2,1-3H3/q+1. The molecule has 2 heteroatoms. The van der Waals surface area contributed by atoms with Crippen LogP contribution in [0.4, 0.5) is 0 Å². The first-order valence-corrected chi connectivity index (χ1v) is 6.95. The molecule has 0 rings (SSSR count). The molecule has 0 aromatic rings. The van der Waals surface area contributed by atoms with Crippen LogP contribution in [0.25, 0.3) is 0 Å². The molecular formula is C11H25IN+. The van der Waals surface area contributed by atoms with Gasteiger partial charge < -0.3 is 4.48 Å². The van der Waals surface area contributed by atoms with Crippen molar-refractivity contribution in [3.05, 3.63) is 0 Å². The van der Waals surface area contributed by atoms with Crippen molar-refractivity contribution in [1.82, 2.24) is 0 Å². The summed E-state index contributed by atoms with van der Waals surface area (Å²) in [6.07, 6.45) is 8.56. The first-order valence-electron chi connectivity index (χ1n) is 5.43. The third kappa shape index (κ3) is 12.7. The average Bonchev–Trinajstić information content (AvgIpc) is 2.01. The predicted octanol–water partition coefficient (Wildman–Crippen LogP) is 3.47. The number of alkyl halides is 1. The Morgan fingerprint density at radius 3 is 1.69 bits per heavy atom. The second-order valence-electron chi connectivity index (χ2n) is 4.82. The number of hydrogen-bond donors (Lipinski definition) is 0. The van der Waals surface area contributed by atoms with Crippen LogP contribution in [0.2, 0.25) is 0 Å². The molecule has 13 heavy (non-hydrogen) atoms. The van der Waals surface area contributed by atoms with Gasteiger partial charge in [-0.05, 0) is 23.7 Å². The number of unbranched alkanes of at least 4 members (excludes halogenated alkanes) is 5. The molecule has 0 aliphatic rings. The quantitative estimate of drug-likeness (QED) is 0.279. The third-order valence-corrected chi connectivity index (χ3v) is 2.98. The van der Waals surface area contributed by atoms with Gasteiger partial charge in [0.15, 0.2) is 0 Å². The summed E-state index contributed by atoms with van der Waals surface area (Å²) in [4.78, 5) is 0. The number of halogens is 1.